The Kier molecular flexibility index (Phi) is 5.46. The van der Waals surface area contributed by atoms with Crippen LogP contribution in [0.4, 0.5) is 0 Å². The highest BCUT2D eigenvalue weighted by Crippen LogP contribution is 2.20. The molecule has 2 rings (SSSR count). The van der Waals surface area contributed by atoms with E-state index in [2.05, 4.69) is 28.1 Å². The van der Waals surface area contributed by atoms with Gasteiger partial charge in [-0.05, 0) is 49.2 Å². The van der Waals surface area contributed by atoms with Gasteiger partial charge in [-0.1, -0.05) is 45.7 Å². The number of hydrogen-bond acceptors (Lipinski definition) is 2. The van der Waals surface area contributed by atoms with Crippen LogP contribution in [-0.4, -0.2) is 12.1 Å². The van der Waals surface area contributed by atoms with Crippen LogP contribution in [0, 0.1) is 0 Å². The van der Waals surface area contributed by atoms with E-state index in [0.717, 1.165) is 16.6 Å². The lowest BCUT2D eigenvalue weighted by atomic mass is 10.0. The zero-order valence-electron chi connectivity index (χ0n) is 11.2. The molecule has 106 valence electrons. The van der Waals surface area contributed by atoms with Gasteiger partial charge in [0.05, 0.1) is 0 Å². The molecule has 0 aliphatic heterocycles. The van der Waals surface area contributed by atoms with Crippen LogP contribution in [0.25, 0.3) is 0 Å². The van der Waals surface area contributed by atoms with Crippen LogP contribution in [0.3, 0.4) is 0 Å². The lowest BCUT2D eigenvalue weighted by Gasteiger charge is -2.21. The third kappa shape index (κ3) is 4.51. The summed E-state index contributed by atoms with van der Waals surface area (Å²) >= 11 is 9.40. The van der Waals surface area contributed by atoms with Crippen molar-refractivity contribution >= 4 is 27.5 Å². The van der Waals surface area contributed by atoms with Crippen molar-refractivity contribution in [3.8, 4) is 5.75 Å². The summed E-state index contributed by atoms with van der Waals surface area (Å²) in [6.45, 7) is 1.98. The second-order valence-electron chi connectivity index (χ2n) is 4.78. The Bertz CT molecular complexity index is 524. The number of rotatable bonds is 5. The molecule has 0 heterocycles. The maximum absolute atomic E-state index is 6.21. The average Bonchev–Trinajstić information content (AvgIpc) is 2.38. The summed E-state index contributed by atoms with van der Waals surface area (Å²) in [6.07, 6.45) is 0.675. The highest BCUT2D eigenvalue weighted by atomic mass is 79.9. The second-order valence-corrected chi connectivity index (χ2v) is 6.13. The fourth-order valence-corrected chi connectivity index (χ4v) is 2.57. The van der Waals surface area contributed by atoms with Crippen LogP contribution >= 0.6 is 27.5 Å². The molecular formula is C16H17BrClNO. The van der Waals surface area contributed by atoms with Gasteiger partial charge in [-0.15, -0.1) is 0 Å². The molecule has 20 heavy (non-hydrogen) atoms. The summed E-state index contributed by atoms with van der Waals surface area (Å²) in [7, 11) is 0. The van der Waals surface area contributed by atoms with Gasteiger partial charge in [0.1, 0.15) is 11.9 Å². The minimum atomic E-state index is -0.0903. The Morgan fingerprint density at radius 1 is 1.20 bits per heavy atom. The summed E-state index contributed by atoms with van der Waals surface area (Å²) in [6, 6.07) is 15.4. The van der Waals surface area contributed by atoms with E-state index in [1.165, 1.54) is 5.56 Å². The molecule has 2 N–H and O–H groups in total. The topological polar surface area (TPSA) is 35.2 Å². The van der Waals surface area contributed by atoms with E-state index in [-0.39, 0.29) is 12.1 Å². The van der Waals surface area contributed by atoms with Gasteiger partial charge in [0.2, 0.25) is 0 Å². The van der Waals surface area contributed by atoms with Gasteiger partial charge in [-0.3, -0.25) is 0 Å². The number of hydrogen-bond donors (Lipinski definition) is 1. The summed E-state index contributed by atoms with van der Waals surface area (Å²) in [5, 5.41) is 0.662. The van der Waals surface area contributed by atoms with Crippen molar-refractivity contribution in [2.24, 2.45) is 5.73 Å². The van der Waals surface area contributed by atoms with E-state index >= 15 is 0 Å². The van der Waals surface area contributed by atoms with Crippen molar-refractivity contribution in [1.29, 1.82) is 0 Å². The normalized spacial score (nSPS) is 13.8. The standard InChI is InChI=1S/C16H17BrClNO/c1-11(20-15-7-3-6-14(18)10-15)16(19)9-12-4-2-5-13(17)8-12/h2-8,10-11,16H,9,19H2,1H3. The van der Waals surface area contributed by atoms with E-state index in [9.17, 15) is 0 Å². The predicted octanol–water partition coefficient (Wildman–Crippen LogP) is 4.44. The van der Waals surface area contributed by atoms with E-state index < -0.39 is 0 Å². The molecule has 0 fully saturated rings. The Hall–Kier alpha value is -1.03. The van der Waals surface area contributed by atoms with E-state index in [4.69, 9.17) is 22.1 Å². The highest BCUT2D eigenvalue weighted by molar-refractivity contribution is 9.10. The Labute approximate surface area is 133 Å². The molecule has 2 aromatic rings. The molecule has 2 unspecified atom stereocenters. The number of ether oxygens (including phenoxy) is 1. The van der Waals surface area contributed by atoms with Gasteiger partial charge in [0, 0.05) is 15.5 Å². The van der Waals surface area contributed by atoms with Crippen LogP contribution in [0.1, 0.15) is 12.5 Å². The largest absolute Gasteiger partial charge is 0.489 e. The van der Waals surface area contributed by atoms with E-state index in [1.54, 1.807) is 6.07 Å². The fourth-order valence-electron chi connectivity index (χ4n) is 1.94. The lowest BCUT2D eigenvalue weighted by molar-refractivity contribution is 0.189. The zero-order valence-corrected chi connectivity index (χ0v) is 13.6. The van der Waals surface area contributed by atoms with E-state index in [1.807, 2.05) is 37.3 Å². The van der Waals surface area contributed by atoms with Crippen LogP contribution in [-0.2, 0) is 6.42 Å². The molecule has 0 bridgehead atoms. The average molecular weight is 355 g/mol. The minimum absolute atomic E-state index is 0.0803. The molecule has 0 spiro atoms. The van der Waals surface area contributed by atoms with Crippen molar-refractivity contribution in [2.45, 2.75) is 25.5 Å². The molecule has 0 saturated carbocycles. The van der Waals surface area contributed by atoms with Crippen LogP contribution in [0.5, 0.6) is 5.75 Å². The third-order valence-electron chi connectivity index (χ3n) is 3.08. The smallest absolute Gasteiger partial charge is 0.121 e. The Balaban J connectivity index is 1.96. The Morgan fingerprint density at radius 3 is 2.65 bits per heavy atom. The zero-order chi connectivity index (χ0) is 14.5. The summed E-state index contributed by atoms with van der Waals surface area (Å²) < 4.78 is 6.90. The molecular weight excluding hydrogens is 338 g/mol. The molecule has 0 saturated heterocycles. The minimum Gasteiger partial charge on any atom is -0.489 e. The quantitative estimate of drug-likeness (QED) is 0.861. The second kappa shape index (κ2) is 7.11. The molecule has 4 heteroatoms. The van der Waals surface area contributed by atoms with Gasteiger partial charge in [-0.25, -0.2) is 0 Å². The summed E-state index contributed by atoms with van der Waals surface area (Å²) in [4.78, 5) is 0. The van der Waals surface area contributed by atoms with Crippen molar-refractivity contribution < 1.29 is 4.74 Å². The van der Waals surface area contributed by atoms with Gasteiger partial charge >= 0.3 is 0 Å². The van der Waals surface area contributed by atoms with Crippen molar-refractivity contribution in [3.05, 3.63) is 63.6 Å². The third-order valence-corrected chi connectivity index (χ3v) is 3.81. The number of benzene rings is 2. The van der Waals surface area contributed by atoms with Crippen molar-refractivity contribution in [2.75, 3.05) is 0 Å². The highest BCUT2D eigenvalue weighted by Gasteiger charge is 2.15. The fraction of sp³-hybridized carbons (Fsp3) is 0.250. The maximum Gasteiger partial charge on any atom is 0.121 e. The molecule has 2 nitrogen and oxygen atoms in total. The van der Waals surface area contributed by atoms with Gasteiger partial charge in [-0.2, -0.15) is 0 Å². The number of halogens is 2. The van der Waals surface area contributed by atoms with Gasteiger partial charge in [0.15, 0.2) is 0 Å². The van der Waals surface area contributed by atoms with E-state index in [0.29, 0.717) is 5.02 Å². The molecule has 2 atom stereocenters. The van der Waals surface area contributed by atoms with Crippen LogP contribution < -0.4 is 10.5 Å². The number of nitrogens with two attached hydrogens (primary N) is 1. The summed E-state index contributed by atoms with van der Waals surface area (Å²) in [5.74, 6) is 0.745. The van der Waals surface area contributed by atoms with Crippen LogP contribution in [0.2, 0.25) is 5.02 Å². The molecule has 0 aliphatic carbocycles. The lowest BCUT2D eigenvalue weighted by Crippen LogP contribution is -2.38. The first-order valence-electron chi connectivity index (χ1n) is 6.47. The molecule has 2 aromatic carbocycles. The Morgan fingerprint density at radius 2 is 1.95 bits per heavy atom. The van der Waals surface area contributed by atoms with Gasteiger partial charge < -0.3 is 10.5 Å². The monoisotopic (exact) mass is 353 g/mol. The molecule has 0 radical (unpaired) electrons. The maximum atomic E-state index is 6.21. The SMILES string of the molecule is CC(Oc1cccc(Cl)c1)C(N)Cc1cccc(Br)c1. The molecule has 0 aliphatic rings. The van der Waals surface area contributed by atoms with Gasteiger partial charge in [0.25, 0.3) is 0 Å². The van der Waals surface area contributed by atoms with Crippen molar-refractivity contribution in [3.63, 3.8) is 0 Å². The molecule has 0 amide bonds. The first-order valence-corrected chi connectivity index (χ1v) is 7.64. The summed E-state index contributed by atoms with van der Waals surface area (Å²) in [5.41, 5.74) is 7.40. The predicted molar refractivity (Wildman–Crippen MR) is 87.4 cm³/mol. The molecule has 0 aromatic heterocycles. The first-order chi connectivity index (χ1) is 9.54. The van der Waals surface area contributed by atoms with Crippen molar-refractivity contribution in [1.82, 2.24) is 0 Å². The first kappa shape index (κ1) is 15.4. The van der Waals surface area contributed by atoms with Crippen LogP contribution in [0.15, 0.2) is 53.0 Å².